The Hall–Kier alpha value is -1.30. The Morgan fingerprint density at radius 2 is 2.21 bits per heavy atom. The van der Waals surface area contributed by atoms with Crippen molar-refractivity contribution in [1.29, 1.82) is 0 Å². The Morgan fingerprint density at radius 3 is 2.83 bits per heavy atom. The second kappa shape index (κ2) is 9.25. The van der Waals surface area contributed by atoms with Crippen LogP contribution in [0.1, 0.15) is 37.0 Å². The van der Waals surface area contributed by atoms with Crippen molar-refractivity contribution >= 4 is 35.1 Å². The number of hydrogen-bond acceptors (Lipinski definition) is 4. The molecule has 1 saturated heterocycles. The first-order valence-corrected chi connectivity index (χ1v) is 8.76. The van der Waals surface area contributed by atoms with Crippen LogP contribution in [0.3, 0.4) is 0 Å². The molecule has 24 heavy (non-hydrogen) atoms. The molecule has 1 heterocycles. The first kappa shape index (κ1) is 19.0. The minimum atomic E-state index is -0.344. The summed E-state index contributed by atoms with van der Waals surface area (Å²) in [5.41, 5.74) is 0.391. The Kier molecular flexibility index (Phi) is 7.34. The standard InChI is InChI=1S/C17H22Cl2N2O3/c1-11(2)10-24-17(20-9-13-4-3-7-23-13)21-16(22)12-5-6-14(18)15(19)8-12/h5-6,8,11,13H,3-4,7,9-10H2,1-2H3,(H,20,21,22)/t13-/m0/s1. The normalized spacial score (nSPS) is 18.0. The molecule has 1 aromatic rings. The highest BCUT2D eigenvalue weighted by molar-refractivity contribution is 6.42. The molecule has 1 amide bonds. The van der Waals surface area contributed by atoms with Crippen molar-refractivity contribution in [2.75, 3.05) is 19.8 Å². The molecule has 5 nitrogen and oxygen atoms in total. The van der Waals surface area contributed by atoms with E-state index in [1.165, 1.54) is 6.07 Å². The summed E-state index contributed by atoms with van der Waals surface area (Å²) in [5.74, 6) is -0.0248. The molecule has 132 valence electrons. The molecule has 1 aliphatic rings. The number of rotatable bonds is 5. The van der Waals surface area contributed by atoms with Crippen molar-refractivity contribution < 1.29 is 14.3 Å². The van der Waals surface area contributed by atoms with E-state index in [1.807, 2.05) is 13.8 Å². The van der Waals surface area contributed by atoms with Crippen molar-refractivity contribution in [2.24, 2.45) is 10.9 Å². The fourth-order valence-corrected chi connectivity index (χ4v) is 2.44. The van der Waals surface area contributed by atoms with Gasteiger partial charge < -0.3 is 9.47 Å². The molecule has 0 saturated carbocycles. The number of ether oxygens (including phenoxy) is 2. The van der Waals surface area contributed by atoms with Gasteiger partial charge in [-0.25, -0.2) is 4.99 Å². The molecule has 1 aromatic carbocycles. The molecule has 1 fully saturated rings. The smallest absolute Gasteiger partial charge is 0.291 e. The SMILES string of the molecule is CC(C)COC(=NC[C@@H]1CCCO1)NC(=O)c1ccc(Cl)c(Cl)c1. The Balaban J connectivity index is 2.03. The number of carbonyl (C=O) groups excluding carboxylic acids is 1. The molecule has 0 aliphatic carbocycles. The molecule has 1 aliphatic heterocycles. The van der Waals surface area contributed by atoms with Gasteiger partial charge in [0.15, 0.2) is 0 Å². The summed E-state index contributed by atoms with van der Waals surface area (Å²) in [7, 11) is 0. The molecule has 0 aromatic heterocycles. The van der Waals surface area contributed by atoms with Crippen LogP contribution in [0.25, 0.3) is 0 Å². The van der Waals surface area contributed by atoms with E-state index in [0.717, 1.165) is 19.4 Å². The molecule has 0 bridgehead atoms. The fourth-order valence-electron chi connectivity index (χ4n) is 2.15. The van der Waals surface area contributed by atoms with Crippen LogP contribution in [-0.2, 0) is 9.47 Å². The summed E-state index contributed by atoms with van der Waals surface area (Å²) in [5, 5.41) is 3.41. The number of amides is 1. The van der Waals surface area contributed by atoms with E-state index in [-0.39, 0.29) is 18.0 Å². The molecule has 7 heteroatoms. The van der Waals surface area contributed by atoms with Crippen LogP contribution in [0, 0.1) is 5.92 Å². The van der Waals surface area contributed by atoms with Crippen LogP contribution >= 0.6 is 23.2 Å². The zero-order valence-electron chi connectivity index (χ0n) is 13.9. The van der Waals surface area contributed by atoms with Gasteiger partial charge >= 0.3 is 0 Å². The number of benzene rings is 1. The monoisotopic (exact) mass is 372 g/mol. The lowest BCUT2D eigenvalue weighted by atomic mass is 10.2. The van der Waals surface area contributed by atoms with E-state index < -0.39 is 0 Å². The third-order valence-electron chi connectivity index (χ3n) is 3.42. The highest BCUT2D eigenvalue weighted by Crippen LogP contribution is 2.22. The van der Waals surface area contributed by atoms with E-state index in [2.05, 4.69) is 10.3 Å². The lowest BCUT2D eigenvalue weighted by molar-refractivity contribution is 0.0960. The molecule has 2 rings (SSSR count). The van der Waals surface area contributed by atoms with Crippen molar-refractivity contribution in [1.82, 2.24) is 5.32 Å². The van der Waals surface area contributed by atoms with Crippen LogP contribution in [0.4, 0.5) is 0 Å². The summed E-state index contributed by atoms with van der Waals surface area (Å²) in [6, 6.07) is 4.90. The minimum absolute atomic E-state index is 0.0875. The van der Waals surface area contributed by atoms with Crippen LogP contribution in [0.5, 0.6) is 0 Å². The maximum Gasteiger partial charge on any atom is 0.291 e. The number of carbonyl (C=O) groups is 1. The van der Waals surface area contributed by atoms with Crippen LogP contribution in [0.2, 0.25) is 10.0 Å². The number of halogens is 2. The van der Waals surface area contributed by atoms with Gasteiger partial charge in [-0.15, -0.1) is 0 Å². The van der Waals surface area contributed by atoms with E-state index in [0.29, 0.717) is 34.7 Å². The van der Waals surface area contributed by atoms with Gasteiger partial charge in [-0.2, -0.15) is 0 Å². The van der Waals surface area contributed by atoms with E-state index in [9.17, 15) is 4.79 Å². The summed E-state index contributed by atoms with van der Waals surface area (Å²) in [6.07, 6.45) is 2.10. The van der Waals surface area contributed by atoms with Gasteiger partial charge in [-0.3, -0.25) is 10.1 Å². The van der Waals surface area contributed by atoms with Gasteiger partial charge in [0.1, 0.15) is 0 Å². The summed E-state index contributed by atoms with van der Waals surface area (Å²) in [4.78, 5) is 16.7. The number of hydrogen-bond donors (Lipinski definition) is 1. The zero-order chi connectivity index (χ0) is 17.5. The van der Waals surface area contributed by atoms with Crippen molar-refractivity contribution in [3.05, 3.63) is 33.8 Å². The van der Waals surface area contributed by atoms with Gasteiger partial charge in [0.05, 0.1) is 29.3 Å². The number of amidine groups is 1. The fraction of sp³-hybridized carbons (Fsp3) is 0.529. The molecule has 0 radical (unpaired) electrons. The molecule has 0 unspecified atom stereocenters. The van der Waals surface area contributed by atoms with E-state index >= 15 is 0 Å². The van der Waals surface area contributed by atoms with Gasteiger partial charge in [-0.1, -0.05) is 37.0 Å². The quantitative estimate of drug-likeness (QED) is 0.629. The topological polar surface area (TPSA) is 59.9 Å². The van der Waals surface area contributed by atoms with Crippen LogP contribution in [-0.4, -0.2) is 37.8 Å². The molecule has 1 N–H and O–H groups in total. The van der Waals surface area contributed by atoms with Gasteiger partial charge in [-0.05, 0) is 37.0 Å². The summed E-state index contributed by atoms with van der Waals surface area (Å²) < 4.78 is 11.2. The van der Waals surface area contributed by atoms with E-state index in [1.54, 1.807) is 12.1 Å². The first-order valence-electron chi connectivity index (χ1n) is 8.01. The third kappa shape index (κ3) is 5.96. The van der Waals surface area contributed by atoms with Crippen LogP contribution < -0.4 is 5.32 Å². The average Bonchev–Trinajstić information content (AvgIpc) is 3.05. The Labute approximate surface area is 152 Å². The second-order valence-electron chi connectivity index (χ2n) is 6.07. The maximum absolute atomic E-state index is 12.4. The highest BCUT2D eigenvalue weighted by atomic mass is 35.5. The predicted octanol–water partition coefficient (Wildman–Crippen LogP) is 3.93. The van der Waals surface area contributed by atoms with Gasteiger partial charge in [0.25, 0.3) is 11.9 Å². The lowest BCUT2D eigenvalue weighted by Crippen LogP contribution is -2.34. The minimum Gasteiger partial charge on any atom is -0.465 e. The second-order valence-corrected chi connectivity index (χ2v) is 6.88. The lowest BCUT2D eigenvalue weighted by Gasteiger charge is -2.14. The molecule has 0 spiro atoms. The number of aliphatic imine (C=N–C) groups is 1. The predicted molar refractivity (Wildman–Crippen MR) is 96.0 cm³/mol. The molecular weight excluding hydrogens is 351 g/mol. The van der Waals surface area contributed by atoms with Gasteiger partial charge in [0, 0.05) is 12.2 Å². The highest BCUT2D eigenvalue weighted by Gasteiger charge is 2.17. The number of nitrogens with one attached hydrogen (secondary N) is 1. The Bertz CT molecular complexity index is 599. The summed E-state index contributed by atoms with van der Waals surface area (Å²) in [6.45, 7) is 5.75. The average molecular weight is 373 g/mol. The van der Waals surface area contributed by atoms with Crippen LogP contribution in [0.15, 0.2) is 23.2 Å². The van der Waals surface area contributed by atoms with E-state index in [4.69, 9.17) is 32.7 Å². The Morgan fingerprint density at radius 1 is 1.42 bits per heavy atom. The van der Waals surface area contributed by atoms with Crippen molar-refractivity contribution in [2.45, 2.75) is 32.8 Å². The third-order valence-corrected chi connectivity index (χ3v) is 4.16. The zero-order valence-corrected chi connectivity index (χ0v) is 15.4. The van der Waals surface area contributed by atoms with Crippen molar-refractivity contribution in [3.8, 4) is 0 Å². The maximum atomic E-state index is 12.4. The van der Waals surface area contributed by atoms with Gasteiger partial charge in [0.2, 0.25) is 0 Å². The molecule has 1 atom stereocenters. The largest absolute Gasteiger partial charge is 0.465 e. The number of nitrogens with zero attached hydrogens (tertiary/aromatic N) is 1. The van der Waals surface area contributed by atoms with Crippen molar-refractivity contribution in [3.63, 3.8) is 0 Å². The summed E-state index contributed by atoms with van der Waals surface area (Å²) >= 11 is 11.8. The molecular formula is C17H22Cl2N2O3. The first-order chi connectivity index (χ1) is 11.5.